The largest absolute Gasteiger partial charge is 0.508 e. The normalized spacial score (nSPS) is 24.0. The molecule has 0 saturated carbocycles. The molecule has 0 spiro atoms. The third-order valence-electron chi connectivity index (χ3n) is 8.24. The topological polar surface area (TPSA) is 54.0 Å². The average molecular weight is 507 g/mol. The third-order valence-corrected chi connectivity index (χ3v) is 8.24. The van der Waals surface area contributed by atoms with E-state index in [2.05, 4.69) is 41.4 Å². The summed E-state index contributed by atoms with van der Waals surface area (Å²) in [4.78, 5) is 2.42. The van der Waals surface area contributed by atoms with Gasteiger partial charge in [-0.1, -0.05) is 25.1 Å². The first-order valence-electron chi connectivity index (χ1n) is 13.7. The van der Waals surface area contributed by atoms with Crippen LogP contribution in [0.4, 0.5) is 4.39 Å². The molecule has 2 unspecified atom stereocenters. The highest BCUT2D eigenvalue weighted by atomic mass is 19.1. The Morgan fingerprint density at radius 1 is 1.08 bits per heavy atom. The van der Waals surface area contributed by atoms with Crippen LogP contribution in [0.3, 0.4) is 0 Å². The smallest absolute Gasteiger partial charge is 0.165 e. The first kappa shape index (κ1) is 25.8. The molecule has 2 aromatic carbocycles. The van der Waals surface area contributed by atoms with Gasteiger partial charge >= 0.3 is 0 Å². The lowest BCUT2D eigenvalue weighted by molar-refractivity contribution is 0.146. The molecule has 5 rings (SSSR count). The first-order valence-corrected chi connectivity index (χ1v) is 13.7. The molecule has 6 heteroatoms. The van der Waals surface area contributed by atoms with Gasteiger partial charge in [0.2, 0.25) is 0 Å². The number of rotatable bonds is 8. The van der Waals surface area contributed by atoms with E-state index < -0.39 is 0 Å². The highest BCUT2D eigenvalue weighted by Crippen LogP contribution is 2.38. The molecule has 0 bridgehead atoms. The van der Waals surface area contributed by atoms with Crippen LogP contribution in [-0.4, -0.2) is 48.9 Å². The molecule has 198 valence electrons. The zero-order valence-electron chi connectivity index (χ0n) is 22.0. The maximum atomic E-state index is 15.0. The molecule has 5 nitrogen and oxygen atoms in total. The van der Waals surface area contributed by atoms with Crippen molar-refractivity contribution in [2.45, 2.75) is 57.7 Å². The molecule has 0 aromatic heterocycles. The Labute approximate surface area is 220 Å². The van der Waals surface area contributed by atoms with Gasteiger partial charge in [-0.3, -0.25) is 4.90 Å². The third kappa shape index (κ3) is 6.02. The van der Waals surface area contributed by atoms with Crippen LogP contribution in [0.5, 0.6) is 11.5 Å². The molecule has 1 aliphatic heterocycles. The molecule has 2 aromatic rings. The Hall–Kier alpha value is -2.83. The van der Waals surface area contributed by atoms with Crippen molar-refractivity contribution in [2.75, 3.05) is 26.7 Å². The summed E-state index contributed by atoms with van der Waals surface area (Å²) in [5.74, 6) is 2.10. The molecule has 0 radical (unpaired) electrons. The van der Waals surface area contributed by atoms with Gasteiger partial charge in [0.05, 0.1) is 7.11 Å². The number of methoxy groups -OCH3 is 1. The van der Waals surface area contributed by atoms with Gasteiger partial charge in [-0.25, -0.2) is 4.39 Å². The zero-order valence-corrected chi connectivity index (χ0v) is 22.0. The number of piperidine rings is 1. The molecule has 0 amide bonds. The minimum absolute atomic E-state index is 0.0747. The second kappa shape index (κ2) is 11.7. The predicted octanol–water partition coefficient (Wildman–Crippen LogP) is 5.37. The van der Waals surface area contributed by atoms with Crippen molar-refractivity contribution in [2.24, 2.45) is 11.8 Å². The zero-order chi connectivity index (χ0) is 25.8. The van der Waals surface area contributed by atoms with Crippen LogP contribution >= 0.6 is 0 Å². The van der Waals surface area contributed by atoms with Gasteiger partial charge in [0.1, 0.15) is 17.6 Å². The Kier molecular flexibility index (Phi) is 8.16. The van der Waals surface area contributed by atoms with Crippen molar-refractivity contribution in [3.05, 3.63) is 82.9 Å². The maximum Gasteiger partial charge on any atom is 0.165 e. The van der Waals surface area contributed by atoms with E-state index in [0.717, 1.165) is 63.1 Å². The van der Waals surface area contributed by atoms with Crippen LogP contribution in [0.25, 0.3) is 0 Å². The number of benzene rings is 2. The Morgan fingerprint density at radius 2 is 1.92 bits per heavy atom. The van der Waals surface area contributed by atoms with Crippen molar-refractivity contribution in [3.63, 3.8) is 0 Å². The van der Waals surface area contributed by atoms with E-state index in [1.807, 2.05) is 12.1 Å². The Balaban J connectivity index is 1.32. The lowest BCUT2D eigenvalue weighted by Gasteiger charge is -2.41. The van der Waals surface area contributed by atoms with Crippen molar-refractivity contribution in [3.8, 4) is 11.5 Å². The minimum Gasteiger partial charge on any atom is -0.508 e. The average Bonchev–Trinajstić information content (AvgIpc) is 2.93. The predicted molar refractivity (Wildman–Crippen MR) is 144 cm³/mol. The van der Waals surface area contributed by atoms with Crippen LogP contribution < -0.4 is 10.1 Å². The van der Waals surface area contributed by atoms with E-state index in [1.54, 1.807) is 25.3 Å². The number of aromatic hydroxyl groups is 1. The minimum atomic E-state index is -0.285. The van der Waals surface area contributed by atoms with E-state index >= 15 is 4.39 Å². The monoisotopic (exact) mass is 506 g/mol. The highest BCUT2D eigenvalue weighted by Gasteiger charge is 2.34. The van der Waals surface area contributed by atoms with Gasteiger partial charge in [0.25, 0.3) is 0 Å². The van der Waals surface area contributed by atoms with Crippen LogP contribution in [-0.2, 0) is 24.1 Å². The van der Waals surface area contributed by atoms with Gasteiger partial charge in [-0.15, -0.1) is 0 Å². The van der Waals surface area contributed by atoms with Gasteiger partial charge < -0.3 is 19.9 Å². The molecule has 3 aliphatic rings. The van der Waals surface area contributed by atoms with Crippen LogP contribution in [0.1, 0.15) is 42.9 Å². The van der Waals surface area contributed by atoms with Crippen LogP contribution in [0.15, 0.2) is 60.4 Å². The fraction of sp³-hybridized carbons (Fsp3) is 0.484. The number of hydrogen-bond donors (Lipinski definition) is 2. The lowest BCUT2D eigenvalue weighted by Crippen LogP contribution is -2.43. The fourth-order valence-electron chi connectivity index (χ4n) is 6.17. The summed E-state index contributed by atoms with van der Waals surface area (Å²) in [5.41, 5.74) is 3.54. The number of aryl methyl sites for hydroxylation is 1. The van der Waals surface area contributed by atoms with Gasteiger partial charge in [0, 0.05) is 12.6 Å². The molecule has 3 atom stereocenters. The summed E-state index contributed by atoms with van der Waals surface area (Å²) < 4.78 is 26.6. The quantitative estimate of drug-likeness (QED) is 0.504. The number of phenolic OH excluding ortho intramolecular Hbond substituents is 1. The van der Waals surface area contributed by atoms with Gasteiger partial charge in [-0.2, -0.15) is 0 Å². The van der Waals surface area contributed by atoms with E-state index in [-0.39, 0.29) is 18.0 Å². The molecule has 2 N–H and O–H groups in total. The number of nitrogens with zero attached hydrogens (tertiary/aromatic N) is 1. The van der Waals surface area contributed by atoms with Crippen molar-refractivity contribution >= 4 is 0 Å². The molecular weight excluding hydrogens is 467 g/mol. The SMILES string of the molecule is CCN(Cc1ccc(OC2CCNCC2)c(F)c1)C1C=C(OC)C=CC1[C@@H]1CCc2cc(O)ccc2C1. The van der Waals surface area contributed by atoms with E-state index in [1.165, 1.54) is 11.1 Å². The van der Waals surface area contributed by atoms with Crippen molar-refractivity contribution in [1.82, 2.24) is 10.2 Å². The summed E-state index contributed by atoms with van der Waals surface area (Å²) in [6, 6.07) is 11.4. The van der Waals surface area contributed by atoms with E-state index in [4.69, 9.17) is 9.47 Å². The molecule has 1 fully saturated rings. The van der Waals surface area contributed by atoms with Gasteiger partial charge in [-0.05, 0) is 117 Å². The number of hydrogen-bond acceptors (Lipinski definition) is 5. The summed E-state index contributed by atoms with van der Waals surface area (Å²) in [6.07, 6.45) is 11.6. The number of phenols is 1. The Bertz CT molecular complexity index is 1140. The van der Waals surface area contributed by atoms with Crippen molar-refractivity contribution < 1.29 is 19.0 Å². The summed E-state index contributed by atoms with van der Waals surface area (Å²) in [6.45, 7) is 5.49. The molecule has 37 heavy (non-hydrogen) atoms. The maximum absolute atomic E-state index is 15.0. The van der Waals surface area contributed by atoms with E-state index in [9.17, 15) is 5.11 Å². The number of likely N-dealkylation sites (N-methyl/N-ethyl adjacent to an activating group) is 1. The highest BCUT2D eigenvalue weighted by molar-refractivity contribution is 5.37. The molecule has 1 heterocycles. The lowest BCUT2D eigenvalue weighted by atomic mass is 9.72. The Morgan fingerprint density at radius 3 is 2.68 bits per heavy atom. The number of halogens is 1. The molecule has 1 saturated heterocycles. The number of allylic oxidation sites excluding steroid dienone is 1. The van der Waals surface area contributed by atoms with Crippen LogP contribution in [0, 0.1) is 17.7 Å². The molecular formula is C31H39FN2O3. The summed E-state index contributed by atoms with van der Waals surface area (Å²) >= 11 is 0. The second-order valence-electron chi connectivity index (χ2n) is 10.6. The summed E-state index contributed by atoms with van der Waals surface area (Å²) in [7, 11) is 1.71. The van der Waals surface area contributed by atoms with E-state index in [0.29, 0.717) is 29.9 Å². The molecule has 2 aliphatic carbocycles. The first-order chi connectivity index (χ1) is 18.0. The van der Waals surface area contributed by atoms with Crippen LogP contribution in [0.2, 0.25) is 0 Å². The fourth-order valence-corrected chi connectivity index (χ4v) is 6.17. The standard InChI is InChI=1S/C31H39FN2O3/c1-3-34(20-21-4-11-31(29(32)16-21)37-26-12-14-33-15-13-26)30-19-27(36-2)9-10-28(30)24-6-5-23-18-25(35)8-7-22(23)17-24/h4,7-11,16,18-19,24,26,28,30,33,35H,3,5-6,12-15,17,20H2,1-2H3/t24-,28?,30?/m1/s1. The van der Waals surface area contributed by atoms with Gasteiger partial charge in [0.15, 0.2) is 11.6 Å². The second-order valence-corrected chi connectivity index (χ2v) is 10.6. The number of fused-ring (bicyclic) bond motifs is 1. The summed E-state index contributed by atoms with van der Waals surface area (Å²) in [5, 5.41) is 13.2. The number of ether oxygens (including phenoxy) is 2. The number of nitrogens with one attached hydrogen (secondary N) is 1. The van der Waals surface area contributed by atoms with Crippen molar-refractivity contribution in [1.29, 1.82) is 0 Å².